The van der Waals surface area contributed by atoms with Gasteiger partial charge >= 0.3 is 6.03 Å². The van der Waals surface area contributed by atoms with E-state index in [2.05, 4.69) is 52.7 Å². The van der Waals surface area contributed by atoms with Crippen LogP contribution in [0.1, 0.15) is 5.56 Å². The number of fused-ring (bicyclic) bond motifs is 1. The van der Waals surface area contributed by atoms with Gasteiger partial charge in [0.25, 0.3) is 0 Å². The minimum Gasteiger partial charge on any atom is -0.322 e. The minimum atomic E-state index is -0.368. The monoisotopic (exact) mass is 375 g/mol. The fourth-order valence-corrected chi connectivity index (χ4v) is 5.36. The standard InChI is InChI=1S/C19H22ClN3OS/c20-10-11-22-12-14-23(15-13-22)17(24)21-19-9-5-4-8-18(19,25-19)16-6-2-1-3-7-16/h1-9H,10-15H2,(H,21,24). The van der Waals surface area contributed by atoms with Crippen LogP contribution in [0.25, 0.3) is 0 Å². The molecule has 1 aliphatic carbocycles. The summed E-state index contributed by atoms with van der Waals surface area (Å²) >= 11 is 7.60. The first-order chi connectivity index (χ1) is 12.2. The molecule has 1 aromatic rings. The van der Waals surface area contributed by atoms with Crippen LogP contribution in [-0.2, 0) is 4.75 Å². The number of amides is 2. The molecule has 0 saturated carbocycles. The number of hydrogen-bond acceptors (Lipinski definition) is 3. The van der Waals surface area contributed by atoms with Crippen LogP contribution in [0.4, 0.5) is 4.79 Å². The van der Waals surface area contributed by atoms with E-state index < -0.39 is 0 Å². The van der Waals surface area contributed by atoms with Crippen molar-refractivity contribution in [2.24, 2.45) is 0 Å². The molecule has 25 heavy (non-hydrogen) atoms. The van der Waals surface area contributed by atoms with Crippen molar-refractivity contribution < 1.29 is 4.79 Å². The molecule has 0 radical (unpaired) electrons. The number of thioether (sulfide) groups is 1. The molecule has 0 aromatic heterocycles. The highest BCUT2D eigenvalue weighted by atomic mass is 35.5. The predicted octanol–water partition coefficient (Wildman–Crippen LogP) is 3.02. The molecule has 132 valence electrons. The van der Waals surface area contributed by atoms with Crippen molar-refractivity contribution in [3.8, 4) is 0 Å². The van der Waals surface area contributed by atoms with E-state index in [1.165, 1.54) is 5.56 Å². The second-order valence-corrected chi connectivity index (χ2v) is 8.48. The van der Waals surface area contributed by atoms with Crippen LogP contribution < -0.4 is 5.32 Å². The van der Waals surface area contributed by atoms with Gasteiger partial charge in [0, 0.05) is 38.6 Å². The van der Waals surface area contributed by atoms with Gasteiger partial charge < -0.3 is 10.2 Å². The summed E-state index contributed by atoms with van der Waals surface area (Å²) in [7, 11) is 0. The second kappa shape index (κ2) is 6.71. The van der Waals surface area contributed by atoms with Gasteiger partial charge in [-0.1, -0.05) is 48.6 Å². The molecule has 0 bridgehead atoms. The molecule has 2 heterocycles. The molecule has 3 aliphatic rings. The Morgan fingerprint density at radius 2 is 1.84 bits per heavy atom. The van der Waals surface area contributed by atoms with Crippen molar-refractivity contribution >= 4 is 29.4 Å². The van der Waals surface area contributed by atoms with Gasteiger partial charge in [-0.2, -0.15) is 0 Å². The first-order valence-corrected chi connectivity index (χ1v) is 10.0. The Bertz CT molecular complexity index is 702. The van der Waals surface area contributed by atoms with Crippen molar-refractivity contribution in [1.29, 1.82) is 0 Å². The van der Waals surface area contributed by atoms with Crippen molar-refractivity contribution in [2.45, 2.75) is 9.62 Å². The Kier molecular flexibility index (Phi) is 4.56. The average molecular weight is 376 g/mol. The van der Waals surface area contributed by atoms with E-state index in [1.54, 1.807) is 11.8 Å². The van der Waals surface area contributed by atoms with E-state index in [4.69, 9.17) is 11.6 Å². The zero-order valence-corrected chi connectivity index (χ0v) is 15.6. The molecule has 1 N–H and O–H groups in total. The number of nitrogens with zero attached hydrogens (tertiary/aromatic N) is 2. The lowest BCUT2D eigenvalue weighted by molar-refractivity contribution is 0.141. The van der Waals surface area contributed by atoms with Crippen molar-refractivity contribution in [1.82, 2.24) is 15.1 Å². The average Bonchev–Trinajstić information content (AvgIpc) is 3.33. The molecule has 2 fully saturated rings. The van der Waals surface area contributed by atoms with E-state index in [0.29, 0.717) is 5.88 Å². The van der Waals surface area contributed by atoms with E-state index in [9.17, 15) is 4.79 Å². The molecular formula is C19H22ClN3OS. The Morgan fingerprint density at radius 1 is 1.12 bits per heavy atom. The number of benzene rings is 1. The number of piperazine rings is 1. The highest BCUT2D eigenvalue weighted by Gasteiger charge is 2.69. The fraction of sp³-hybridized carbons (Fsp3) is 0.421. The van der Waals surface area contributed by atoms with Gasteiger partial charge in [0.2, 0.25) is 0 Å². The first-order valence-electron chi connectivity index (χ1n) is 8.67. The summed E-state index contributed by atoms with van der Waals surface area (Å²) in [6.07, 6.45) is 8.42. The molecule has 6 heteroatoms. The summed E-state index contributed by atoms with van der Waals surface area (Å²) in [5.41, 5.74) is 1.23. The molecule has 2 saturated heterocycles. The lowest BCUT2D eigenvalue weighted by atomic mass is 9.88. The molecule has 2 amide bonds. The van der Waals surface area contributed by atoms with Crippen LogP contribution in [0.2, 0.25) is 0 Å². The number of halogens is 1. The Labute approximate surface area is 157 Å². The Balaban J connectivity index is 1.45. The van der Waals surface area contributed by atoms with Crippen LogP contribution in [0.15, 0.2) is 54.6 Å². The lowest BCUT2D eigenvalue weighted by Gasteiger charge is -2.35. The smallest absolute Gasteiger partial charge is 0.318 e. The lowest BCUT2D eigenvalue weighted by Crippen LogP contribution is -2.55. The second-order valence-electron chi connectivity index (χ2n) is 6.61. The summed E-state index contributed by atoms with van der Waals surface area (Å²) < 4.78 is -0.181. The van der Waals surface area contributed by atoms with E-state index >= 15 is 0 Å². The summed E-state index contributed by atoms with van der Waals surface area (Å²) in [5.74, 6) is 0.642. The summed E-state index contributed by atoms with van der Waals surface area (Å²) in [4.78, 5) is 16.7. The maximum atomic E-state index is 12.8. The van der Waals surface area contributed by atoms with Gasteiger partial charge in [0.05, 0.1) is 4.75 Å². The minimum absolute atomic E-state index is 0.0239. The molecule has 0 spiro atoms. The zero-order chi connectivity index (χ0) is 17.3. The summed E-state index contributed by atoms with van der Waals surface area (Å²) in [5, 5.41) is 3.29. The molecule has 2 aliphatic heterocycles. The zero-order valence-electron chi connectivity index (χ0n) is 14.0. The number of alkyl halides is 1. The van der Waals surface area contributed by atoms with Gasteiger partial charge in [-0.15, -0.1) is 23.4 Å². The number of allylic oxidation sites excluding steroid dienone is 2. The van der Waals surface area contributed by atoms with E-state index in [0.717, 1.165) is 32.7 Å². The maximum Gasteiger partial charge on any atom is 0.318 e. The SMILES string of the molecule is O=C(NC12C=CC=CC1(c1ccccc1)S2)N1CCN(CCCl)CC1. The Hall–Kier alpha value is -1.43. The molecular weight excluding hydrogens is 354 g/mol. The topological polar surface area (TPSA) is 35.6 Å². The number of urea groups is 1. The van der Waals surface area contributed by atoms with Gasteiger partial charge in [-0.25, -0.2) is 4.79 Å². The molecule has 2 unspecified atom stereocenters. The number of rotatable bonds is 4. The van der Waals surface area contributed by atoms with Crippen LogP contribution in [0.3, 0.4) is 0 Å². The van der Waals surface area contributed by atoms with Crippen molar-refractivity contribution in [3.05, 3.63) is 60.2 Å². The highest BCUT2D eigenvalue weighted by Crippen LogP contribution is 2.71. The number of hydrogen-bond donors (Lipinski definition) is 1. The van der Waals surface area contributed by atoms with Crippen molar-refractivity contribution in [3.63, 3.8) is 0 Å². The third-order valence-corrected chi connectivity index (χ3v) is 7.02. The van der Waals surface area contributed by atoms with Gasteiger partial charge in [-0.3, -0.25) is 4.90 Å². The van der Waals surface area contributed by atoms with Crippen LogP contribution in [0.5, 0.6) is 0 Å². The van der Waals surface area contributed by atoms with Gasteiger partial charge in [0.1, 0.15) is 4.87 Å². The predicted molar refractivity (Wildman–Crippen MR) is 104 cm³/mol. The first kappa shape index (κ1) is 17.0. The highest BCUT2D eigenvalue weighted by molar-refractivity contribution is 8.09. The van der Waals surface area contributed by atoms with Crippen LogP contribution >= 0.6 is 23.4 Å². The van der Waals surface area contributed by atoms with Gasteiger partial charge in [-0.05, 0) is 11.6 Å². The normalized spacial score (nSPS) is 30.8. The van der Waals surface area contributed by atoms with Crippen molar-refractivity contribution in [2.75, 3.05) is 38.6 Å². The summed E-state index contributed by atoms with van der Waals surface area (Å²) in [6.45, 7) is 4.17. The third-order valence-electron chi connectivity index (χ3n) is 5.16. The molecule has 4 nitrogen and oxygen atoms in total. The maximum absolute atomic E-state index is 12.8. The van der Waals surface area contributed by atoms with Crippen LogP contribution in [-0.4, -0.2) is 59.3 Å². The quantitative estimate of drug-likeness (QED) is 0.649. The van der Waals surface area contributed by atoms with Crippen LogP contribution in [0, 0.1) is 0 Å². The number of carbonyl (C=O) groups is 1. The largest absolute Gasteiger partial charge is 0.322 e. The van der Waals surface area contributed by atoms with E-state index in [1.807, 2.05) is 17.0 Å². The van der Waals surface area contributed by atoms with Gasteiger partial charge in [0.15, 0.2) is 0 Å². The number of carbonyl (C=O) groups excluding carboxylic acids is 1. The molecule has 2 atom stereocenters. The number of nitrogens with one attached hydrogen (secondary N) is 1. The third kappa shape index (κ3) is 2.98. The molecule has 1 aromatic carbocycles. The molecule has 4 rings (SSSR count). The summed E-state index contributed by atoms with van der Waals surface area (Å²) in [6, 6.07) is 10.4. The fourth-order valence-electron chi connectivity index (χ4n) is 3.67. The van der Waals surface area contributed by atoms with E-state index in [-0.39, 0.29) is 15.6 Å². The Morgan fingerprint density at radius 3 is 2.56 bits per heavy atom.